The van der Waals surface area contributed by atoms with Gasteiger partial charge in [0.25, 0.3) is 5.91 Å². The maximum atomic E-state index is 12.4. The number of morpholine rings is 1. The molecule has 3 rings (SSSR count). The molecular weight excluding hydrogens is 300 g/mol. The van der Waals surface area contributed by atoms with Crippen LogP contribution >= 0.6 is 0 Å². The minimum Gasteiger partial charge on any atom is -0.370 e. The van der Waals surface area contributed by atoms with Gasteiger partial charge < -0.3 is 9.64 Å². The van der Waals surface area contributed by atoms with Crippen LogP contribution in [-0.4, -0.2) is 105 Å². The number of urea groups is 1. The number of hydrogen-bond donors (Lipinski definition) is 3. The molecule has 0 aliphatic carbocycles. The standard InChI is InChI=1S/C14H24N6O3/c1-17-10-11(18(2)14(22)19(3)12(10)21)16-13(17)15-4-5-20-6-8-23-9-7-20/h10-11H,4-9H2,1-3H3,(H,15,16)/p+2. The minimum absolute atomic E-state index is 0.177. The zero-order valence-corrected chi connectivity index (χ0v) is 14.0. The number of carbonyl (C=O) groups excluding carboxylic acids is 2. The van der Waals surface area contributed by atoms with Gasteiger partial charge in [-0.3, -0.25) is 29.8 Å². The molecule has 3 N–H and O–H groups in total. The van der Waals surface area contributed by atoms with Crippen LogP contribution in [0.1, 0.15) is 0 Å². The van der Waals surface area contributed by atoms with Crippen molar-refractivity contribution in [3.8, 4) is 0 Å². The van der Waals surface area contributed by atoms with E-state index in [1.165, 1.54) is 16.8 Å². The number of nitrogens with one attached hydrogen (secondary N) is 3. The average molecular weight is 326 g/mol. The molecule has 3 amide bonds. The van der Waals surface area contributed by atoms with Crippen molar-refractivity contribution in [1.82, 2.24) is 20.4 Å². The number of ether oxygens (including phenoxy) is 1. The van der Waals surface area contributed by atoms with Crippen LogP contribution in [0.25, 0.3) is 0 Å². The van der Waals surface area contributed by atoms with E-state index in [1.807, 2.05) is 11.6 Å². The molecule has 0 saturated carbocycles. The summed E-state index contributed by atoms with van der Waals surface area (Å²) in [6.07, 6.45) is -0.325. The molecule has 0 aromatic rings. The maximum Gasteiger partial charge on any atom is 0.348 e. The monoisotopic (exact) mass is 326 g/mol. The van der Waals surface area contributed by atoms with Gasteiger partial charge in [-0.2, -0.15) is 0 Å². The lowest BCUT2D eigenvalue weighted by Crippen LogP contribution is -3.14. The second-order valence-electron chi connectivity index (χ2n) is 6.32. The first-order valence-electron chi connectivity index (χ1n) is 8.06. The van der Waals surface area contributed by atoms with Gasteiger partial charge in [-0.05, 0) is 0 Å². The van der Waals surface area contributed by atoms with Crippen molar-refractivity contribution in [1.29, 1.82) is 0 Å². The molecule has 0 aromatic carbocycles. The molecule has 23 heavy (non-hydrogen) atoms. The Balaban J connectivity index is 1.61. The van der Waals surface area contributed by atoms with Crippen LogP contribution in [0.15, 0.2) is 0 Å². The predicted molar refractivity (Wildman–Crippen MR) is 82.2 cm³/mol. The van der Waals surface area contributed by atoms with Crippen LogP contribution in [0, 0.1) is 0 Å². The first-order chi connectivity index (χ1) is 11.0. The van der Waals surface area contributed by atoms with Gasteiger partial charge >= 0.3 is 12.0 Å². The molecule has 128 valence electrons. The molecule has 3 heterocycles. The number of nitrogens with zero attached hydrogens (tertiary/aromatic N) is 3. The molecule has 0 radical (unpaired) electrons. The Morgan fingerprint density at radius 2 is 2.04 bits per heavy atom. The number of guanidine groups is 1. The highest BCUT2D eigenvalue weighted by molar-refractivity contribution is 6.01. The van der Waals surface area contributed by atoms with Crippen molar-refractivity contribution in [3.05, 3.63) is 0 Å². The zero-order chi connectivity index (χ0) is 16.6. The Morgan fingerprint density at radius 3 is 2.74 bits per heavy atom. The Hall–Kier alpha value is -1.87. The Kier molecular flexibility index (Phi) is 4.40. The van der Waals surface area contributed by atoms with Gasteiger partial charge in [0.1, 0.15) is 26.2 Å². The van der Waals surface area contributed by atoms with Crippen LogP contribution in [-0.2, 0) is 9.53 Å². The van der Waals surface area contributed by atoms with E-state index in [0.29, 0.717) is 0 Å². The van der Waals surface area contributed by atoms with Gasteiger partial charge in [-0.25, -0.2) is 4.79 Å². The van der Waals surface area contributed by atoms with E-state index in [2.05, 4.69) is 10.6 Å². The smallest absolute Gasteiger partial charge is 0.348 e. The van der Waals surface area contributed by atoms with Gasteiger partial charge in [-0.15, -0.1) is 0 Å². The SMILES string of the molecule is CN1C(=O)C2C(NC(NCC[NH+]3CCOCC3)=[N+]2C)N(C)C1=O. The summed E-state index contributed by atoms with van der Waals surface area (Å²) in [5, 5.41) is 6.63. The zero-order valence-electron chi connectivity index (χ0n) is 14.0. The van der Waals surface area contributed by atoms with Crippen molar-refractivity contribution in [3.63, 3.8) is 0 Å². The highest BCUT2D eigenvalue weighted by Gasteiger charge is 2.52. The minimum atomic E-state index is -0.388. The molecule has 0 spiro atoms. The van der Waals surface area contributed by atoms with E-state index >= 15 is 0 Å². The Labute approximate surface area is 135 Å². The Bertz CT molecular complexity index is 531. The van der Waals surface area contributed by atoms with Crippen LogP contribution in [0.5, 0.6) is 0 Å². The molecule has 2 saturated heterocycles. The molecule has 9 heteroatoms. The van der Waals surface area contributed by atoms with Crippen LogP contribution < -0.4 is 15.5 Å². The molecule has 2 atom stereocenters. The van der Waals surface area contributed by atoms with E-state index in [4.69, 9.17) is 4.74 Å². The summed E-state index contributed by atoms with van der Waals surface area (Å²) in [4.78, 5) is 28.7. The van der Waals surface area contributed by atoms with Crippen LogP contribution in [0.3, 0.4) is 0 Å². The molecule has 9 nitrogen and oxygen atoms in total. The predicted octanol–water partition coefficient (Wildman–Crippen LogP) is -3.69. The molecule has 0 bridgehead atoms. The molecular formula is C14H26N6O3+2. The van der Waals surface area contributed by atoms with E-state index in [0.717, 1.165) is 45.4 Å². The lowest BCUT2D eigenvalue weighted by atomic mass is 10.1. The third-order valence-corrected chi connectivity index (χ3v) is 4.91. The lowest BCUT2D eigenvalue weighted by molar-refractivity contribution is -0.906. The van der Waals surface area contributed by atoms with Gasteiger partial charge in [0, 0.05) is 14.1 Å². The summed E-state index contributed by atoms with van der Waals surface area (Å²) in [5.74, 6) is 0.625. The van der Waals surface area contributed by atoms with Gasteiger partial charge in [0.05, 0.1) is 20.3 Å². The summed E-state index contributed by atoms with van der Waals surface area (Å²) in [6.45, 7) is 5.52. The molecule has 3 aliphatic heterocycles. The third kappa shape index (κ3) is 2.86. The number of imide groups is 1. The van der Waals surface area contributed by atoms with Crippen LogP contribution in [0.4, 0.5) is 4.79 Å². The number of amides is 3. The first kappa shape index (κ1) is 16.0. The lowest BCUT2D eigenvalue weighted by Gasteiger charge is -2.35. The average Bonchev–Trinajstić information content (AvgIpc) is 2.89. The van der Waals surface area contributed by atoms with Gasteiger partial charge in [0.2, 0.25) is 6.04 Å². The maximum absolute atomic E-state index is 12.4. The van der Waals surface area contributed by atoms with Gasteiger partial charge in [0.15, 0.2) is 6.17 Å². The van der Waals surface area contributed by atoms with Crippen molar-refractivity contribution in [2.45, 2.75) is 12.2 Å². The highest BCUT2D eigenvalue weighted by atomic mass is 16.5. The normalized spacial score (nSPS) is 29.0. The summed E-state index contributed by atoms with van der Waals surface area (Å²) in [5.41, 5.74) is 0. The van der Waals surface area contributed by atoms with Crippen molar-refractivity contribution in [2.75, 3.05) is 60.5 Å². The third-order valence-electron chi connectivity index (χ3n) is 4.91. The first-order valence-corrected chi connectivity index (χ1v) is 8.06. The molecule has 0 aromatic heterocycles. The fourth-order valence-corrected chi connectivity index (χ4v) is 3.37. The fourth-order valence-electron chi connectivity index (χ4n) is 3.37. The van der Waals surface area contributed by atoms with Gasteiger partial charge in [-0.1, -0.05) is 0 Å². The van der Waals surface area contributed by atoms with Crippen molar-refractivity contribution < 1.29 is 23.8 Å². The van der Waals surface area contributed by atoms with Crippen molar-refractivity contribution >= 4 is 17.9 Å². The number of quaternary nitrogens is 1. The Morgan fingerprint density at radius 1 is 1.35 bits per heavy atom. The number of likely N-dealkylation sites (N-methyl/N-ethyl adjacent to an activating group) is 3. The summed E-state index contributed by atoms with van der Waals surface area (Å²) in [7, 11) is 5.11. The molecule has 2 unspecified atom stereocenters. The topological polar surface area (TPSA) is 81.4 Å². The van der Waals surface area contributed by atoms with E-state index in [9.17, 15) is 9.59 Å². The van der Waals surface area contributed by atoms with E-state index < -0.39 is 0 Å². The molecule has 2 fully saturated rings. The number of carbonyl (C=O) groups is 2. The largest absolute Gasteiger partial charge is 0.370 e. The second kappa shape index (κ2) is 6.32. The van der Waals surface area contributed by atoms with E-state index in [-0.39, 0.29) is 24.1 Å². The fraction of sp³-hybridized carbons (Fsp3) is 0.786. The summed E-state index contributed by atoms with van der Waals surface area (Å²) in [6, 6.07) is -0.669. The highest BCUT2D eigenvalue weighted by Crippen LogP contribution is 2.18. The quantitative estimate of drug-likeness (QED) is 0.465. The van der Waals surface area contributed by atoms with E-state index in [1.54, 1.807) is 11.9 Å². The molecule has 3 aliphatic rings. The number of hydrogen-bond acceptors (Lipinski definition) is 5. The second-order valence-corrected chi connectivity index (χ2v) is 6.32. The summed E-state index contributed by atoms with van der Waals surface area (Å²) < 4.78 is 7.25. The van der Waals surface area contributed by atoms with Crippen LogP contribution in [0.2, 0.25) is 0 Å². The summed E-state index contributed by atoms with van der Waals surface area (Å²) >= 11 is 0. The van der Waals surface area contributed by atoms with Crippen molar-refractivity contribution in [2.24, 2.45) is 0 Å². The number of rotatable bonds is 3. The number of fused-ring (bicyclic) bond motifs is 1.